The Morgan fingerprint density at radius 1 is 1.15 bits per heavy atom. The Labute approximate surface area is 152 Å². The predicted molar refractivity (Wildman–Crippen MR) is 96.5 cm³/mol. The van der Waals surface area contributed by atoms with Gasteiger partial charge < -0.3 is 19.3 Å². The van der Waals surface area contributed by atoms with Gasteiger partial charge in [-0.25, -0.2) is 4.98 Å². The average molecular weight is 359 g/mol. The molecule has 26 heavy (non-hydrogen) atoms. The van der Waals surface area contributed by atoms with Crippen molar-refractivity contribution in [2.45, 2.75) is 13.0 Å². The standard InChI is InChI=1S/C19H22FN3O3/c1-13-12-22(9-10-23(13)18-6-4-5-17(20)21-18)19(24)14-7-8-15(25-2)16(11-14)26-3/h4-8,11,13H,9-10,12H2,1-3H3. The molecule has 1 aliphatic heterocycles. The highest BCUT2D eigenvalue weighted by molar-refractivity contribution is 5.95. The van der Waals surface area contributed by atoms with E-state index in [1.807, 2.05) is 11.8 Å². The number of anilines is 1. The van der Waals surface area contributed by atoms with E-state index in [1.165, 1.54) is 6.07 Å². The molecule has 1 amide bonds. The zero-order chi connectivity index (χ0) is 18.7. The largest absolute Gasteiger partial charge is 0.493 e. The van der Waals surface area contributed by atoms with Crippen LogP contribution in [0.4, 0.5) is 10.2 Å². The number of halogens is 1. The van der Waals surface area contributed by atoms with Crippen LogP contribution in [-0.2, 0) is 0 Å². The molecule has 1 fully saturated rings. The van der Waals surface area contributed by atoms with Crippen molar-refractivity contribution in [3.8, 4) is 11.5 Å². The number of hydrogen-bond donors (Lipinski definition) is 0. The number of benzene rings is 1. The molecule has 1 aromatic heterocycles. The lowest BCUT2D eigenvalue weighted by atomic mass is 10.1. The Kier molecular flexibility index (Phi) is 5.25. The van der Waals surface area contributed by atoms with Crippen LogP contribution in [-0.4, -0.2) is 55.7 Å². The molecule has 1 saturated heterocycles. The summed E-state index contributed by atoms with van der Waals surface area (Å²) in [6.45, 7) is 3.67. The summed E-state index contributed by atoms with van der Waals surface area (Å²) in [5.41, 5.74) is 0.548. The molecule has 7 heteroatoms. The number of hydrogen-bond acceptors (Lipinski definition) is 5. The van der Waals surface area contributed by atoms with Crippen LogP contribution in [0.2, 0.25) is 0 Å². The fraction of sp³-hybridized carbons (Fsp3) is 0.368. The molecular formula is C19H22FN3O3. The predicted octanol–water partition coefficient (Wildman–Crippen LogP) is 2.59. The molecule has 1 aromatic carbocycles. The van der Waals surface area contributed by atoms with Crippen LogP contribution in [0.15, 0.2) is 36.4 Å². The second-order valence-electron chi connectivity index (χ2n) is 6.18. The highest BCUT2D eigenvalue weighted by Crippen LogP contribution is 2.28. The summed E-state index contributed by atoms with van der Waals surface area (Å²) in [5, 5.41) is 0. The monoisotopic (exact) mass is 359 g/mol. The van der Waals surface area contributed by atoms with E-state index in [-0.39, 0.29) is 11.9 Å². The second-order valence-corrected chi connectivity index (χ2v) is 6.18. The van der Waals surface area contributed by atoms with Crippen molar-refractivity contribution in [2.75, 3.05) is 38.8 Å². The van der Waals surface area contributed by atoms with E-state index in [2.05, 4.69) is 4.98 Å². The number of carbonyl (C=O) groups is 1. The van der Waals surface area contributed by atoms with Gasteiger partial charge in [0.05, 0.1) is 14.2 Å². The number of piperazine rings is 1. The van der Waals surface area contributed by atoms with Gasteiger partial charge in [0.25, 0.3) is 5.91 Å². The summed E-state index contributed by atoms with van der Waals surface area (Å²) in [6, 6.07) is 9.92. The third-order valence-electron chi connectivity index (χ3n) is 4.54. The van der Waals surface area contributed by atoms with Gasteiger partial charge in [0, 0.05) is 31.2 Å². The average Bonchev–Trinajstić information content (AvgIpc) is 2.66. The molecule has 6 nitrogen and oxygen atoms in total. The van der Waals surface area contributed by atoms with E-state index in [1.54, 1.807) is 49.5 Å². The van der Waals surface area contributed by atoms with Crippen molar-refractivity contribution in [1.82, 2.24) is 9.88 Å². The van der Waals surface area contributed by atoms with Crippen LogP contribution in [0.5, 0.6) is 11.5 Å². The highest BCUT2D eigenvalue weighted by Gasteiger charge is 2.28. The highest BCUT2D eigenvalue weighted by atomic mass is 19.1. The molecule has 0 spiro atoms. The number of rotatable bonds is 4. The van der Waals surface area contributed by atoms with Crippen molar-refractivity contribution in [1.29, 1.82) is 0 Å². The maximum atomic E-state index is 13.4. The summed E-state index contributed by atoms with van der Waals surface area (Å²) < 4.78 is 23.9. The number of pyridine rings is 1. The van der Waals surface area contributed by atoms with Crippen molar-refractivity contribution in [2.24, 2.45) is 0 Å². The molecule has 0 aliphatic carbocycles. The van der Waals surface area contributed by atoms with E-state index in [4.69, 9.17) is 9.47 Å². The fourth-order valence-corrected chi connectivity index (χ4v) is 3.19. The van der Waals surface area contributed by atoms with E-state index in [0.717, 1.165) is 0 Å². The SMILES string of the molecule is COc1ccc(C(=O)N2CCN(c3cccc(F)n3)C(C)C2)cc1OC. The zero-order valence-corrected chi connectivity index (χ0v) is 15.1. The summed E-state index contributed by atoms with van der Waals surface area (Å²) in [6.07, 6.45) is 0. The smallest absolute Gasteiger partial charge is 0.254 e. The quantitative estimate of drug-likeness (QED) is 0.786. The van der Waals surface area contributed by atoms with Crippen LogP contribution in [0, 0.1) is 5.95 Å². The molecule has 2 aromatic rings. The summed E-state index contributed by atoms with van der Waals surface area (Å²) in [5.74, 6) is 1.13. The van der Waals surface area contributed by atoms with Gasteiger partial charge in [0.15, 0.2) is 11.5 Å². The molecule has 0 saturated carbocycles. The molecule has 3 rings (SSSR count). The minimum absolute atomic E-state index is 0.0298. The Morgan fingerprint density at radius 2 is 1.92 bits per heavy atom. The second kappa shape index (κ2) is 7.59. The van der Waals surface area contributed by atoms with Crippen molar-refractivity contribution >= 4 is 11.7 Å². The lowest BCUT2D eigenvalue weighted by Gasteiger charge is -2.40. The minimum Gasteiger partial charge on any atom is -0.493 e. The number of aromatic nitrogens is 1. The molecule has 0 N–H and O–H groups in total. The maximum absolute atomic E-state index is 13.4. The molecule has 1 unspecified atom stereocenters. The van der Waals surface area contributed by atoms with E-state index in [9.17, 15) is 9.18 Å². The van der Waals surface area contributed by atoms with Crippen LogP contribution < -0.4 is 14.4 Å². The number of methoxy groups -OCH3 is 2. The normalized spacial score (nSPS) is 17.2. The first-order valence-corrected chi connectivity index (χ1v) is 8.44. The van der Waals surface area contributed by atoms with Crippen molar-refractivity contribution < 1.29 is 18.7 Å². The number of nitrogens with zero attached hydrogens (tertiary/aromatic N) is 3. The fourth-order valence-electron chi connectivity index (χ4n) is 3.19. The van der Waals surface area contributed by atoms with Gasteiger partial charge in [-0.2, -0.15) is 4.39 Å². The third kappa shape index (κ3) is 3.56. The first kappa shape index (κ1) is 18.0. The summed E-state index contributed by atoms with van der Waals surface area (Å²) >= 11 is 0. The molecule has 1 aliphatic rings. The van der Waals surface area contributed by atoms with Gasteiger partial charge in [-0.1, -0.05) is 6.07 Å². The van der Waals surface area contributed by atoms with Gasteiger partial charge in [-0.3, -0.25) is 4.79 Å². The van der Waals surface area contributed by atoms with Gasteiger partial charge in [0.1, 0.15) is 5.82 Å². The first-order valence-electron chi connectivity index (χ1n) is 8.44. The van der Waals surface area contributed by atoms with Gasteiger partial charge in [-0.15, -0.1) is 0 Å². The molecule has 1 atom stereocenters. The van der Waals surface area contributed by atoms with Crippen LogP contribution in [0.1, 0.15) is 17.3 Å². The van der Waals surface area contributed by atoms with Crippen molar-refractivity contribution in [3.05, 3.63) is 47.9 Å². The molecular weight excluding hydrogens is 337 g/mol. The van der Waals surface area contributed by atoms with E-state index in [0.29, 0.717) is 42.5 Å². The minimum atomic E-state index is -0.501. The topological polar surface area (TPSA) is 54.9 Å². The van der Waals surface area contributed by atoms with Gasteiger partial charge in [-0.05, 0) is 37.3 Å². The Hall–Kier alpha value is -2.83. The lowest BCUT2D eigenvalue weighted by molar-refractivity contribution is 0.0725. The Balaban J connectivity index is 1.73. The van der Waals surface area contributed by atoms with E-state index >= 15 is 0 Å². The van der Waals surface area contributed by atoms with Crippen LogP contribution >= 0.6 is 0 Å². The molecule has 138 valence electrons. The maximum Gasteiger partial charge on any atom is 0.254 e. The Morgan fingerprint density at radius 3 is 2.58 bits per heavy atom. The van der Waals surface area contributed by atoms with Gasteiger partial charge >= 0.3 is 0 Å². The molecule has 0 bridgehead atoms. The Bertz CT molecular complexity index is 799. The van der Waals surface area contributed by atoms with Crippen LogP contribution in [0.3, 0.4) is 0 Å². The zero-order valence-electron chi connectivity index (χ0n) is 15.1. The molecule has 2 heterocycles. The summed E-state index contributed by atoms with van der Waals surface area (Å²) in [4.78, 5) is 20.6. The van der Waals surface area contributed by atoms with Gasteiger partial charge in [0.2, 0.25) is 5.95 Å². The first-order chi connectivity index (χ1) is 12.5. The number of ether oxygens (including phenoxy) is 2. The molecule has 0 radical (unpaired) electrons. The summed E-state index contributed by atoms with van der Waals surface area (Å²) in [7, 11) is 3.10. The van der Waals surface area contributed by atoms with E-state index < -0.39 is 5.95 Å². The number of carbonyl (C=O) groups excluding carboxylic acids is 1. The third-order valence-corrected chi connectivity index (χ3v) is 4.54. The van der Waals surface area contributed by atoms with Crippen LogP contribution in [0.25, 0.3) is 0 Å². The lowest BCUT2D eigenvalue weighted by Crippen LogP contribution is -2.54. The van der Waals surface area contributed by atoms with Crippen molar-refractivity contribution in [3.63, 3.8) is 0 Å². The number of amides is 1.